The number of halogens is 1. The smallest absolute Gasteiger partial charge is 0.292 e. The average molecular weight is 428 g/mol. The summed E-state index contributed by atoms with van der Waals surface area (Å²) in [4.78, 5) is 38.1. The molecule has 2 heterocycles. The van der Waals surface area contributed by atoms with Crippen molar-refractivity contribution in [2.75, 3.05) is 11.5 Å². The summed E-state index contributed by atoms with van der Waals surface area (Å²) in [5.41, 5.74) is 6.50. The van der Waals surface area contributed by atoms with Gasteiger partial charge in [0.05, 0.1) is 0 Å². The Kier molecular flexibility index (Phi) is 4.10. The Morgan fingerprint density at radius 2 is 2.18 bits per heavy atom. The molecule has 1 unspecified atom stereocenters. The van der Waals surface area contributed by atoms with Gasteiger partial charge in [-0.1, -0.05) is 15.0 Å². The molecule has 1 aromatic carbocycles. The molecule has 0 aromatic heterocycles. The van der Waals surface area contributed by atoms with Crippen LogP contribution in [0.2, 0.25) is 0 Å². The number of carbonyl (C=O) groups excluding carboxylic acids is 3. The largest absolute Gasteiger partial charge is 0.399 e. The van der Waals surface area contributed by atoms with E-state index in [0.29, 0.717) is 28.9 Å². The fraction of sp³-hybridized carbons (Fsp3) is 0.308. The lowest BCUT2D eigenvalue weighted by atomic mass is 9.76. The number of amides is 3. The number of carbonyl (C=O) groups is 3. The first-order chi connectivity index (χ1) is 10.5. The highest BCUT2D eigenvalue weighted by atomic mass is 127. The third-order valence-corrected chi connectivity index (χ3v) is 5.56. The molecule has 3 N–H and O–H groups in total. The molecule has 3 amide bonds. The van der Waals surface area contributed by atoms with E-state index in [1.807, 2.05) is 0 Å². The summed E-state index contributed by atoms with van der Waals surface area (Å²) >= 11 is 2.09. The van der Waals surface area contributed by atoms with Gasteiger partial charge in [-0.25, -0.2) is 0 Å². The summed E-state index contributed by atoms with van der Waals surface area (Å²) in [5.74, 6) is -0.577. The fourth-order valence-electron chi connectivity index (χ4n) is 2.82. The topological polar surface area (TPSA) is 92.5 Å². The van der Waals surface area contributed by atoms with Crippen molar-refractivity contribution in [3.63, 3.8) is 0 Å². The van der Waals surface area contributed by atoms with Gasteiger partial charge in [-0.15, -0.1) is 0 Å². The van der Waals surface area contributed by atoms with Crippen molar-refractivity contribution < 1.29 is 14.4 Å². The molecule has 9 heteroatoms. The van der Waals surface area contributed by atoms with Gasteiger partial charge in [0, 0.05) is 23.4 Å². The van der Waals surface area contributed by atoms with E-state index in [9.17, 15) is 14.4 Å². The van der Waals surface area contributed by atoms with E-state index >= 15 is 0 Å². The second-order valence-electron chi connectivity index (χ2n) is 5.28. The van der Waals surface area contributed by atoms with E-state index in [0.717, 1.165) is 0 Å². The molecule has 1 fully saturated rings. The molecule has 0 bridgehead atoms. The molecular weight excluding hydrogens is 416 g/mol. The van der Waals surface area contributed by atoms with Gasteiger partial charge in [-0.3, -0.25) is 19.7 Å². The minimum atomic E-state index is -1.05. The predicted molar refractivity (Wildman–Crippen MR) is 94.0 cm³/mol. The van der Waals surface area contributed by atoms with Crippen LogP contribution in [0.1, 0.15) is 23.2 Å². The Labute approximate surface area is 144 Å². The summed E-state index contributed by atoms with van der Waals surface area (Å²) in [6.07, 6.45) is 0.524. The van der Waals surface area contributed by atoms with Crippen LogP contribution in [0, 0.1) is 0 Å². The van der Waals surface area contributed by atoms with Gasteiger partial charge in [0.15, 0.2) is 0 Å². The van der Waals surface area contributed by atoms with E-state index in [1.165, 1.54) is 13.7 Å². The van der Waals surface area contributed by atoms with Gasteiger partial charge in [0.1, 0.15) is 5.54 Å². The standard InChI is InChI=1S/C13H12BIN3O3S/c15-22-6-13(5-4-9(19)17-12(13)21)18-11(20)7-2-1-3-8(16)10(7)14-18/h1-3H,4-6,16H2,(H,17,19,21). The summed E-state index contributed by atoms with van der Waals surface area (Å²) in [6.45, 7) is 0. The zero-order chi connectivity index (χ0) is 15.9. The normalized spacial score (nSPS) is 24.0. The number of hydrogen-bond acceptors (Lipinski definition) is 5. The van der Waals surface area contributed by atoms with Crippen molar-refractivity contribution in [3.05, 3.63) is 23.8 Å². The SMILES string of the molecule is Nc1cccc2c1[B]N(C1(CSI)CCC(=O)NC1=O)C2=O. The summed E-state index contributed by atoms with van der Waals surface area (Å²) < 4.78 is 0. The second-order valence-corrected chi connectivity index (χ2v) is 7.65. The van der Waals surface area contributed by atoms with Crippen LogP contribution < -0.4 is 16.5 Å². The number of piperidine rings is 1. The molecule has 3 rings (SSSR count). The zero-order valence-corrected chi connectivity index (χ0v) is 14.4. The van der Waals surface area contributed by atoms with Gasteiger partial charge in [-0.05, 0) is 45.2 Å². The average Bonchev–Trinajstić information content (AvgIpc) is 2.82. The third-order valence-electron chi connectivity index (χ3n) is 4.04. The van der Waals surface area contributed by atoms with Crippen molar-refractivity contribution in [3.8, 4) is 0 Å². The third kappa shape index (κ3) is 2.30. The quantitative estimate of drug-likeness (QED) is 0.312. The Morgan fingerprint density at radius 1 is 1.41 bits per heavy atom. The maximum Gasteiger partial charge on any atom is 0.292 e. The summed E-state index contributed by atoms with van der Waals surface area (Å²) in [7, 11) is 3.07. The van der Waals surface area contributed by atoms with Crippen LogP contribution in [0.15, 0.2) is 18.2 Å². The van der Waals surface area contributed by atoms with Crippen LogP contribution in [0.4, 0.5) is 5.69 Å². The fourth-order valence-corrected chi connectivity index (χ4v) is 4.96. The Morgan fingerprint density at radius 3 is 2.82 bits per heavy atom. The maximum absolute atomic E-state index is 12.7. The Balaban J connectivity index is 2.01. The molecule has 1 aromatic rings. The number of nitrogens with two attached hydrogens (primary N) is 1. The Hall–Kier alpha value is -1.23. The zero-order valence-electron chi connectivity index (χ0n) is 11.5. The number of anilines is 1. The van der Waals surface area contributed by atoms with Gasteiger partial charge >= 0.3 is 0 Å². The van der Waals surface area contributed by atoms with Crippen molar-refractivity contribution in [1.29, 1.82) is 0 Å². The maximum atomic E-state index is 12.7. The number of nitrogens with zero attached hydrogens (tertiary/aromatic N) is 1. The number of fused-ring (bicyclic) bond motifs is 1. The van der Waals surface area contributed by atoms with Crippen LogP contribution in [-0.2, 0) is 9.59 Å². The lowest BCUT2D eigenvalue weighted by Crippen LogP contribution is -2.65. The van der Waals surface area contributed by atoms with E-state index in [-0.39, 0.29) is 18.2 Å². The first kappa shape index (κ1) is 15.7. The number of nitrogens with one attached hydrogen (secondary N) is 1. The van der Waals surface area contributed by atoms with Crippen LogP contribution >= 0.6 is 30.1 Å². The van der Waals surface area contributed by atoms with Crippen molar-refractivity contribution in [2.45, 2.75) is 18.4 Å². The Bertz CT molecular complexity index is 686. The number of imide groups is 1. The number of rotatable bonds is 3. The number of benzene rings is 1. The van der Waals surface area contributed by atoms with E-state index < -0.39 is 11.4 Å². The number of hydrogen-bond donors (Lipinski definition) is 2. The lowest BCUT2D eigenvalue weighted by molar-refractivity contribution is -0.139. The molecule has 0 saturated carbocycles. The first-order valence-corrected chi connectivity index (χ1v) is 10.2. The van der Waals surface area contributed by atoms with Gasteiger partial charge in [0.2, 0.25) is 11.8 Å². The summed E-state index contributed by atoms with van der Waals surface area (Å²) in [5, 5.41) is 2.35. The molecule has 2 aliphatic heterocycles. The highest BCUT2D eigenvalue weighted by molar-refractivity contribution is 14.2. The highest BCUT2D eigenvalue weighted by Crippen LogP contribution is 2.34. The number of nitrogen functional groups attached to an aromatic ring is 1. The highest BCUT2D eigenvalue weighted by Gasteiger charge is 2.52. The van der Waals surface area contributed by atoms with Gasteiger partial charge in [0.25, 0.3) is 13.3 Å². The molecular formula is C13H12BIN3O3S. The first-order valence-electron chi connectivity index (χ1n) is 6.64. The van der Waals surface area contributed by atoms with Crippen LogP contribution in [0.5, 0.6) is 0 Å². The molecule has 1 radical (unpaired) electrons. The molecule has 1 saturated heterocycles. The van der Waals surface area contributed by atoms with E-state index in [4.69, 9.17) is 5.73 Å². The molecule has 0 aliphatic carbocycles. The predicted octanol–water partition coefficient (Wildman–Crippen LogP) is 0.228. The second kappa shape index (κ2) is 5.76. The van der Waals surface area contributed by atoms with Crippen molar-refractivity contribution >= 4 is 66.4 Å². The molecule has 2 aliphatic rings. The van der Waals surface area contributed by atoms with Crippen LogP contribution in [0.3, 0.4) is 0 Å². The van der Waals surface area contributed by atoms with Crippen molar-refractivity contribution in [1.82, 2.24) is 10.1 Å². The molecule has 113 valence electrons. The van der Waals surface area contributed by atoms with E-state index in [2.05, 4.69) is 26.5 Å². The van der Waals surface area contributed by atoms with Gasteiger partial charge in [-0.2, -0.15) is 0 Å². The van der Waals surface area contributed by atoms with Crippen molar-refractivity contribution in [2.24, 2.45) is 0 Å². The van der Waals surface area contributed by atoms with E-state index in [1.54, 1.807) is 25.6 Å². The summed E-state index contributed by atoms with van der Waals surface area (Å²) in [6, 6.07) is 5.13. The minimum absolute atomic E-state index is 0.215. The molecule has 1 atom stereocenters. The lowest BCUT2D eigenvalue weighted by Gasteiger charge is -2.42. The van der Waals surface area contributed by atoms with Crippen LogP contribution in [-0.4, -0.2) is 41.2 Å². The monoisotopic (exact) mass is 428 g/mol. The molecule has 0 spiro atoms. The van der Waals surface area contributed by atoms with Gasteiger partial charge < -0.3 is 10.5 Å². The molecule has 6 nitrogen and oxygen atoms in total. The minimum Gasteiger partial charge on any atom is -0.399 e. The molecule has 22 heavy (non-hydrogen) atoms. The van der Waals surface area contributed by atoms with Crippen LogP contribution in [0.25, 0.3) is 0 Å².